The number of amides is 1. The summed E-state index contributed by atoms with van der Waals surface area (Å²) in [4.78, 5) is 34.9. The summed E-state index contributed by atoms with van der Waals surface area (Å²) in [6.45, 7) is 2.02. The summed E-state index contributed by atoms with van der Waals surface area (Å²) in [6.07, 6.45) is 0. The molecule has 0 bridgehead atoms. The zero-order chi connectivity index (χ0) is 20.0. The second-order valence-electron chi connectivity index (χ2n) is 5.24. The molecule has 0 unspecified atom stereocenters. The van der Waals surface area contributed by atoms with Crippen LogP contribution in [0.1, 0.15) is 27.6 Å². The van der Waals surface area contributed by atoms with Crippen LogP contribution in [0.15, 0.2) is 36.4 Å². The van der Waals surface area contributed by atoms with E-state index in [9.17, 15) is 19.7 Å². The number of carbonyl (C=O) groups excluding carboxylic acids is 2. The molecule has 27 heavy (non-hydrogen) atoms. The van der Waals surface area contributed by atoms with Crippen molar-refractivity contribution < 1.29 is 28.7 Å². The van der Waals surface area contributed by atoms with Gasteiger partial charge in [0.1, 0.15) is 5.56 Å². The van der Waals surface area contributed by atoms with Gasteiger partial charge in [0, 0.05) is 11.8 Å². The summed E-state index contributed by atoms with van der Waals surface area (Å²) < 4.78 is 15.1. The maximum Gasteiger partial charge on any atom is 0.337 e. The third-order valence-electron chi connectivity index (χ3n) is 3.56. The van der Waals surface area contributed by atoms with Gasteiger partial charge in [0.15, 0.2) is 11.5 Å². The van der Waals surface area contributed by atoms with Crippen LogP contribution < -0.4 is 14.8 Å². The molecular formula is C18H18N2O7. The molecular weight excluding hydrogens is 356 g/mol. The van der Waals surface area contributed by atoms with Crippen molar-refractivity contribution in [3.05, 3.63) is 57.6 Å². The average Bonchev–Trinajstić information content (AvgIpc) is 2.67. The van der Waals surface area contributed by atoms with E-state index in [0.717, 1.165) is 6.07 Å². The Kier molecular flexibility index (Phi) is 6.32. The molecule has 2 rings (SSSR count). The summed E-state index contributed by atoms with van der Waals surface area (Å²) in [7, 11) is 2.59. The lowest BCUT2D eigenvalue weighted by atomic mass is 10.1. The first-order chi connectivity index (χ1) is 12.9. The highest BCUT2D eigenvalue weighted by Crippen LogP contribution is 2.35. The predicted octanol–water partition coefficient (Wildman–Crippen LogP) is 3.04. The van der Waals surface area contributed by atoms with Crippen molar-refractivity contribution in [1.82, 2.24) is 0 Å². The number of nitro groups is 1. The summed E-state index contributed by atoms with van der Waals surface area (Å²) in [5.74, 6) is -0.945. The number of anilines is 1. The lowest BCUT2D eigenvalue weighted by molar-refractivity contribution is -0.385. The second kappa shape index (κ2) is 8.65. The van der Waals surface area contributed by atoms with Gasteiger partial charge < -0.3 is 19.5 Å². The number of nitro benzene ring substituents is 1. The van der Waals surface area contributed by atoms with Crippen LogP contribution in [-0.4, -0.2) is 37.6 Å². The highest BCUT2D eigenvalue weighted by molar-refractivity contribution is 6.08. The van der Waals surface area contributed by atoms with Gasteiger partial charge in [0.25, 0.3) is 11.6 Å². The first-order valence-corrected chi connectivity index (χ1v) is 7.90. The fourth-order valence-corrected chi connectivity index (χ4v) is 2.35. The molecule has 0 aliphatic carbocycles. The summed E-state index contributed by atoms with van der Waals surface area (Å²) in [5, 5.41) is 13.9. The lowest BCUT2D eigenvalue weighted by Gasteiger charge is -2.12. The molecule has 9 heteroatoms. The van der Waals surface area contributed by atoms with Crippen LogP contribution in [0.3, 0.4) is 0 Å². The van der Waals surface area contributed by atoms with Crippen molar-refractivity contribution in [2.75, 3.05) is 26.1 Å². The van der Waals surface area contributed by atoms with Gasteiger partial charge in [-0.3, -0.25) is 14.9 Å². The average molecular weight is 374 g/mol. The summed E-state index contributed by atoms with van der Waals surface area (Å²) in [5.41, 5.74) is -0.120. The molecule has 0 radical (unpaired) electrons. The standard InChI is InChI=1S/C18H18N2O7/c1-4-27-16-9-13(14(20(23)24)10-15(16)25-2)17(21)19-12-7-5-6-11(8-12)18(22)26-3/h5-10H,4H2,1-3H3,(H,19,21). The quantitative estimate of drug-likeness (QED) is 0.450. The van der Waals surface area contributed by atoms with Crippen molar-refractivity contribution >= 4 is 23.3 Å². The van der Waals surface area contributed by atoms with Gasteiger partial charge in [-0.25, -0.2) is 4.79 Å². The Morgan fingerprint density at radius 1 is 1.15 bits per heavy atom. The number of hydrogen-bond acceptors (Lipinski definition) is 7. The van der Waals surface area contributed by atoms with Crippen molar-refractivity contribution in [3.63, 3.8) is 0 Å². The van der Waals surface area contributed by atoms with E-state index in [0.29, 0.717) is 0 Å². The molecule has 0 heterocycles. The Labute approximate surface area is 155 Å². The number of rotatable bonds is 7. The number of methoxy groups -OCH3 is 2. The minimum absolute atomic E-state index is 0.146. The smallest absolute Gasteiger partial charge is 0.337 e. The fourth-order valence-electron chi connectivity index (χ4n) is 2.35. The van der Waals surface area contributed by atoms with Gasteiger partial charge in [-0.15, -0.1) is 0 Å². The van der Waals surface area contributed by atoms with Gasteiger partial charge in [0.2, 0.25) is 0 Å². The fraction of sp³-hybridized carbons (Fsp3) is 0.222. The van der Waals surface area contributed by atoms with E-state index >= 15 is 0 Å². The van der Waals surface area contributed by atoms with Crippen LogP contribution in [0.4, 0.5) is 11.4 Å². The van der Waals surface area contributed by atoms with Crippen molar-refractivity contribution in [3.8, 4) is 11.5 Å². The van der Waals surface area contributed by atoms with Gasteiger partial charge in [-0.2, -0.15) is 0 Å². The Morgan fingerprint density at radius 2 is 1.89 bits per heavy atom. The van der Waals surface area contributed by atoms with Crippen LogP contribution >= 0.6 is 0 Å². The number of ether oxygens (including phenoxy) is 3. The molecule has 0 fully saturated rings. The van der Waals surface area contributed by atoms with Crippen LogP contribution in [0, 0.1) is 10.1 Å². The van der Waals surface area contributed by atoms with E-state index in [1.54, 1.807) is 19.1 Å². The minimum atomic E-state index is -0.729. The van der Waals surface area contributed by atoms with Gasteiger partial charge in [-0.05, 0) is 25.1 Å². The minimum Gasteiger partial charge on any atom is -0.493 e. The number of nitrogens with zero attached hydrogens (tertiary/aromatic N) is 1. The second-order valence-corrected chi connectivity index (χ2v) is 5.24. The monoisotopic (exact) mass is 374 g/mol. The summed E-state index contributed by atoms with van der Waals surface area (Å²) >= 11 is 0. The van der Waals surface area contributed by atoms with Crippen molar-refractivity contribution in [2.45, 2.75) is 6.92 Å². The Hall–Kier alpha value is -3.62. The van der Waals surface area contributed by atoms with Crippen molar-refractivity contribution in [2.24, 2.45) is 0 Å². The number of hydrogen-bond donors (Lipinski definition) is 1. The zero-order valence-electron chi connectivity index (χ0n) is 15.0. The number of benzene rings is 2. The molecule has 0 aliphatic heterocycles. The van der Waals surface area contributed by atoms with E-state index < -0.39 is 22.5 Å². The molecule has 0 aliphatic rings. The van der Waals surface area contributed by atoms with Crippen LogP contribution in [0.25, 0.3) is 0 Å². The molecule has 2 aromatic carbocycles. The maximum atomic E-state index is 12.6. The molecule has 1 N–H and O–H groups in total. The lowest BCUT2D eigenvalue weighted by Crippen LogP contribution is -2.15. The highest BCUT2D eigenvalue weighted by atomic mass is 16.6. The number of esters is 1. The van der Waals surface area contributed by atoms with Gasteiger partial charge >= 0.3 is 5.97 Å². The van der Waals surface area contributed by atoms with Crippen LogP contribution in [0.2, 0.25) is 0 Å². The Morgan fingerprint density at radius 3 is 2.48 bits per heavy atom. The third-order valence-corrected chi connectivity index (χ3v) is 3.56. The summed E-state index contributed by atoms with van der Waals surface area (Å²) in [6, 6.07) is 8.40. The molecule has 0 atom stereocenters. The molecule has 0 saturated carbocycles. The Bertz CT molecular complexity index is 880. The Balaban J connectivity index is 2.41. The number of carbonyl (C=O) groups is 2. The molecule has 0 saturated heterocycles. The zero-order valence-corrected chi connectivity index (χ0v) is 15.0. The van der Waals surface area contributed by atoms with E-state index in [1.165, 1.54) is 32.4 Å². The topological polar surface area (TPSA) is 117 Å². The van der Waals surface area contributed by atoms with Crippen molar-refractivity contribution in [1.29, 1.82) is 0 Å². The highest BCUT2D eigenvalue weighted by Gasteiger charge is 2.25. The first kappa shape index (κ1) is 19.7. The molecule has 9 nitrogen and oxygen atoms in total. The largest absolute Gasteiger partial charge is 0.493 e. The van der Waals surface area contributed by atoms with Gasteiger partial charge in [0.05, 0.1) is 37.4 Å². The SMILES string of the molecule is CCOc1cc(C(=O)Nc2cccc(C(=O)OC)c2)c([N+](=O)[O-])cc1OC. The molecule has 0 spiro atoms. The van der Waals surface area contributed by atoms with Gasteiger partial charge in [-0.1, -0.05) is 6.07 Å². The third kappa shape index (κ3) is 4.51. The predicted molar refractivity (Wildman–Crippen MR) is 96.6 cm³/mol. The maximum absolute atomic E-state index is 12.6. The van der Waals surface area contributed by atoms with Crippen LogP contribution in [0.5, 0.6) is 11.5 Å². The van der Waals surface area contributed by atoms with E-state index in [1.807, 2.05) is 0 Å². The molecule has 2 aromatic rings. The number of nitrogens with one attached hydrogen (secondary N) is 1. The normalized spacial score (nSPS) is 10.0. The molecule has 1 amide bonds. The van der Waals surface area contributed by atoms with E-state index in [-0.39, 0.29) is 34.9 Å². The van der Waals surface area contributed by atoms with E-state index in [2.05, 4.69) is 10.1 Å². The van der Waals surface area contributed by atoms with Crippen LogP contribution in [-0.2, 0) is 4.74 Å². The molecule has 142 valence electrons. The first-order valence-electron chi connectivity index (χ1n) is 7.90. The van der Waals surface area contributed by atoms with E-state index in [4.69, 9.17) is 9.47 Å². The molecule has 0 aromatic heterocycles.